The van der Waals surface area contributed by atoms with E-state index in [1.54, 1.807) is 12.3 Å². The molecule has 202 valence electrons. The van der Waals surface area contributed by atoms with Gasteiger partial charge in [0, 0.05) is 54.0 Å². The van der Waals surface area contributed by atoms with Crippen LogP contribution in [-0.4, -0.2) is 41.6 Å². The Morgan fingerprint density at radius 2 is 1.95 bits per heavy atom. The monoisotopic (exact) mass is 582 g/mol. The van der Waals surface area contributed by atoms with Gasteiger partial charge in [-0.05, 0) is 36.4 Å². The van der Waals surface area contributed by atoms with Crippen LogP contribution in [0.5, 0.6) is 0 Å². The number of carbonyl (C=O) groups excluding carboxylic acids is 1. The van der Waals surface area contributed by atoms with Crippen LogP contribution in [0.1, 0.15) is 22.3 Å². The Hall–Kier alpha value is -4.69. The van der Waals surface area contributed by atoms with Crippen LogP contribution in [0.25, 0.3) is 21.5 Å². The maximum atomic E-state index is 15.5. The van der Waals surface area contributed by atoms with E-state index in [1.807, 2.05) is 4.72 Å². The number of benzene rings is 2. The SMILES string of the molecule is N=CCC=Nc1ncc(-c2cnc3[nH]cc(C(=O)c4c(F)ccc(NS(=O)(=O)c5cccc(F)c5)c4F)c3c2)s1. The van der Waals surface area contributed by atoms with E-state index in [0.29, 0.717) is 22.0 Å². The van der Waals surface area contributed by atoms with Gasteiger partial charge in [-0.3, -0.25) is 9.52 Å². The molecule has 14 heteroatoms. The number of anilines is 1. The lowest BCUT2D eigenvalue weighted by Gasteiger charge is -2.12. The second kappa shape index (κ2) is 10.8. The number of nitrogens with one attached hydrogen (secondary N) is 3. The molecule has 5 aromatic rings. The molecule has 3 N–H and O–H groups in total. The lowest BCUT2D eigenvalue weighted by atomic mass is 10.0. The van der Waals surface area contributed by atoms with Crippen molar-refractivity contribution < 1.29 is 26.4 Å². The largest absolute Gasteiger partial charge is 0.345 e. The molecular weight excluding hydrogens is 565 g/mol. The number of fused-ring (bicyclic) bond motifs is 1. The van der Waals surface area contributed by atoms with Crippen molar-refractivity contribution in [2.45, 2.75) is 11.3 Å². The van der Waals surface area contributed by atoms with Crippen LogP contribution < -0.4 is 4.72 Å². The summed E-state index contributed by atoms with van der Waals surface area (Å²) in [5.74, 6) is -4.51. The molecule has 2 aromatic carbocycles. The van der Waals surface area contributed by atoms with E-state index in [9.17, 15) is 22.0 Å². The molecule has 0 spiro atoms. The number of hydrogen-bond acceptors (Lipinski definition) is 8. The molecule has 0 fully saturated rings. The van der Waals surface area contributed by atoms with Gasteiger partial charge in [0.25, 0.3) is 10.0 Å². The average molecular weight is 583 g/mol. The first-order valence-electron chi connectivity index (χ1n) is 11.4. The number of sulfonamides is 1. The number of ketones is 1. The van der Waals surface area contributed by atoms with Crippen molar-refractivity contribution in [1.29, 1.82) is 5.41 Å². The Bertz CT molecular complexity index is 1920. The molecule has 5 rings (SSSR count). The number of rotatable bonds is 9. The molecule has 0 radical (unpaired) electrons. The Morgan fingerprint density at radius 1 is 1.12 bits per heavy atom. The molecule has 40 heavy (non-hydrogen) atoms. The zero-order valence-electron chi connectivity index (χ0n) is 20.2. The topological polar surface area (TPSA) is 141 Å². The maximum absolute atomic E-state index is 15.5. The van der Waals surface area contributed by atoms with Gasteiger partial charge in [0.05, 0.1) is 21.0 Å². The second-order valence-electron chi connectivity index (χ2n) is 8.26. The van der Waals surface area contributed by atoms with E-state index >= 15 is 4.39 Å². The number of halogens is 3. The van der Waals surface area contributed by atoms with Crippen LogP contribution in [-0.2, 0) is 10.0 Å². The molecule has 0 aliphatic heterocycles. The van der Waals surface area contributed by atoms with Crippen LogP contribution in [0.3, 0.4) is 0 Å². The number of hydrogen-bond donors (Lipinski definition) is 3. The number of nitrogens with zero attached hydrogens (tertiary/aromatic N) is 3. The summed E-state index contributed by atoms with van der Waals surface area (Å²) in [5, 5.41) is 7.76. The summed E-state index contributed by atoms with van der Waals surface area (Å²) in [4.78, 5) is 29.0. The predicted octanol–water partition coefficient (Wildman–Crippen LogP) is 5.88. The fourth-order valence-corrected chi connectivity index (χ4v) is 5.63. The van der Waals surface area contributed by atoms with Crippen LogP contribution in [0.2, 0.25) is 0 Å². The van der Waals surface area contributed by atoms with E-state index in [4.69, 9.17) is 5.41 Å². The fourth-order valence-electron chi connectivity index (χ4n) is 3.78. The summed E-state index contributed by atoms with van der Waals surface area (Å²) in [5.41, 5.74) is -0.907. The molecule has 3 heterocycles. The molecular formula is C26H17F3N6O3S2. The number of pyridine rings is 1. The van der Waals surface area contributed by atoms with Crippen molar-refractivity contribution in [3.63, 3.8) is 0 Å². The first-order valence-corrected chi connectivity index (χ1v) is 13.7. The van der Waals surface area contributed by atoms with Gasteiger partial charge < -0.3 is 10.4 Å². The van der Waals surface area contributed by atoms with Gasteiger partial charge in [-0.1, -0.05) is 17.4 Å². The van der Waals surface area contributed by atoms with Crippen LogP contribution in [0.4, 0.5) is 24.0 Å². The minimum absolute atomic E-state index is 0.0963. The summed E-state index contributed by atoms with van der Waals surface area (Å²) in [6.45, 7) is 0. The summed E-state index contributed by atoms with van der Waals surface area (Å²) in [6.07, 6.45) is 7.45. The summed E-state index contributed by atoms with van der Waals surface area (Å²) in [6, 6.07) is 7.24. The van der Waals surface area contributed by atoms with E-state index in [1.165, 1.54) is 36.2 Å². The number of H-pyrrole nitrogens is 1. The molecule has 0 aliphatic rings. The molecule has 0 unspecified atom stereocenters. The molecule has 0 saturated carbocycles. The normalized spacial score (nSPS) is 11.8. The average Bonchev–Trinajstić information content (AvgIpc) is 3.57. The van der Waals surface area contributed by atoms with Gasteiger partial charge in [0.1, 0.15) is 17.3 Å². The Kier molecular flexibility index (Phi) is 7.28. The lowest BCUT2D eigenvalue weighted by Crippen LogP contribution is -2.16. The molecule has 0 atom stereocenters. The molecule has 0 saturated heterocycles. The highest BCUT2D eigenvalue weighted by molar-refractivity contribution is 7.92. The minimum Gasteiger partial charge on any atom is -0.345 e. The van der Waals surface area contributed by atoms with E-state index in [2.05, 4.69) is 19.9 Å². The molecule has 0 amide bonds. The summed E-state index contributed by atoms with van der Waals surface area (Å²) in [7, 11) is -4.45. The van der Waals surface area contributed by atoms with Gasteiger partial charge in [-0.25, -0.2) is 36.5 Å². The number of aromatic nitrogens is 3. The number of aromatic amines is 1. The quantitative estimate of drug-likeness (QED) is 0.147. The smallest absolute Gasteiger partial charge is 0.262 e. The highest BCUT2D eigenvalue weighted by Gasteiger charge is 2.27. The van der Waals surface area contributed by atoms with Crippen molar-refractivity contribution in [2.75, 3.05) is 4.72 Å². The third kappa shape index (κ3) is 5.26. The molecule has 9 nitrogen and oxygen atoms in total. The van der Waals surface area contributed by atoms with Gasteiger partial charge in [0.15, 0.2) is 5.82 Å². The molecule has 0 bridgehead atoms. The highest BCUT2D eigenvalue weighted by atomic mass is 32.2. The second-order valence-corrected chi connectivity index (χ2v) is 10.9. The van der Waals surface area contributed by atoms with E-state index in [-0.39, 0.29) is 16.6 Å². The van der Waals surface area contributed by atoms with Crippen LogP contribution in [0, 0.1) is 22.9 Å². The summed E-state index contributed by atoms with van der Waals surface area (Å²) < 4.78 is 71.1. The van der Waals surface area contributed by atoms with Crippen molar-refractivity contribution in [3.05, 3.63) is 89.6 Å². The first kappa shape index (κ1) is 26.9. The molecule has 0 aliphatic carbocycles. The summed E-state index contributed by atoms with van der Waals surface area (Å²) >= 11 is 1.24. The predicted molar refractivity (Wildman–Crippen MR) is 146 cm³/mol. The van der Waals surface area contributed by atoms with Gasteiger partial charge in [0.2, 0.25) is 10.9 Å². The Balaban J connectivity index is 1.50. The van der Waals surface area contributed by atoms with Gasteiger partial charge in [-0.2, -0.15) is 0 Å². The maximum Gasteiger partial charge on any atom is 0.262 e. The third-order valence-corrected chi connectivity index (χ3v) is 7.97. The van der Waals surface area contributed by atoms with E-state index in [0.717, 1.165) is 36.4 Å². The zero-order chi connectivity index (χ0) is 28.4. The fraction of sp³-hybridized carbons (Fsp3) is 0.0385. The van der Waals surface area contributed by atoms with Crippen molar-refractivity contribution in [1.82, 2.24) is 15.0 Å². The standard InChI is InChI=1S/C26H17F3N6O3S2/c27-15-3-1-4-16(10-15)40(37,38)35-20-6-5-19(28)22(23(20)29)24(36)18-12-33-25-17(18)9-14(11-32-25)21-13-34-26(39-21)31-8-2-7-30/h1,3-13,30,35H,2H2,(H,32,33). The Labute approximate surface area is 229 Å². The van der Waals surface area contributed by atoms with Crippen molar-refractivity contribution >= 4 is 61.4 Å². The van der Waals surface area contributed by atoms with Crippen LogP contribution in [0.15, 0.2) is 70.9 Å². The van der Waals surface area contributed by atoms with Crippen molar-refractivity contribution in [3.8, 4) is 10.4 Å². The lowest BCUT2D eigenvalue weighted by molar-refractivity contribution is 0.103. The number of thiazole rings is 1. The Morgan fingerprint density at radius 3 is 2.73 bits per heavy atom. The van der Waals surface area contributed by atoms with Gasteiger partial charge >= 0.3 is 0 Å². The van der Waals surface area contributed by atoms with E-state index < -0.39 is 49.4 Å². The van der Waals surface area contributed by atoms with Gasteiger partial charge in [-0.15, -0.1) is 0 Å². The van der Waals surface area contributed by atoms with Crippen molar-refractivity contribution in [2.24, 2.45) is 4.99 Å². The first-order chi connectivity index (χ1) is 19.2. The van der Waals surface area contributed by atoms with Crippen LogP contribution >= 0.6 is 11.3 Å². The number of aliphatic imine (C=N–C) groups is 1. The zero-order valence-corrected chi connectivity index (χ0v) is 21.8. The highest BCUT2D eigenvalue weighted by Crippen LogP contribution is 2.33. The minimum atomic E-state index is -4.45. The molecule has 3 aromatic heterocycles. The third-order valence-electron chi connectivity index (χ3n) is 5.65. The number of carbonyl (C=O) groups is 1.